The minimum absolute atomic E-state index is 0.00355. The van der Waals surface area contributed by atoms with E-state index >= 15 is 0 Å². The summed E-state index contributed by atoms with van der Waals surface area (Å²) in [5.41, 5.74) is 3.77. The zero-order valence-corrected chi connectivity index (χ0v) is 18.5. The molecule has 0 saturated carbocycles. The van der Waals surface area contributed by atoms with Crippen LogP contribution in [0.2, 0.25) is 5.02 Å². The van der Waals surface area contributed by atoms with Crippen LogP contribution in [0.25, 0.3) is 6.08 Å². The Labute approximate surface area is 180 Å². The number of aryl methyl sites for hydroxylation is 3. The van der Waals surface area contributed by atoms with Crippen LogP contribution in [-0.4, -0.2) is 12.9 Å². The lowest BCUT2D eigenvalue weighted by Gasteiger charge is -2.13. The van der Waals surface area contributed by atoms with Crippen LogP contribution < -0.4 is 9.47 Å². The van der Waals surface area contributed by atoms with Crippen molar-refractivity contribution in [3.8, 4) is 11.5 Å². The third kappa shape index (κ3) is 5.28. The van der Waals surface area contributed by atoms with E-state index < -0.39 is 0 Å². The number of halogens is 1. The highest BCUT2D eigenvalue weighted by Crippen LogP contribution is 2.28. The third-order valence-corrected chi connectivity index (χ3v) is 6.13. The Balaban J connectivity index is 1.76. The Morgan fingerprint density at radius 1 is 1.07 bits per heavy atom. The van der Waals surface area contributed by atoms with Crippen LogP contribution in [-0.2, 0) is 6.61 Å². The molecule has 1 heterocycles. The van der Waals surface area contributed by atoms with Crippen molar-refractivity contribution >= 4 is 34.8 Å². The first kappa shape index (κ1) is 21.2. The van der Waals surface area contributed by atoms with Crippen LogP contribution in [0.15, 0.2) is 48.5 Å². The van der Waals surface area contributed by atoms with E-state index in [9.17, 15) is 4.79 Å². The van der Waals surface area contributed by atoms with Crippen LogP contribution in [0.3, 0.4) is 0 Å². The van der Waals surface area contributed by atoms with Crippen LogP contribution in [0.5, 0.6) is 11.5 Å². The van der Waals surface area contributed by atoms with Crippen molar-refractivity contribution in [2.45, 2.75) is 27.4 Å². The summed E-state index contributed by atoms with van der Waals surface area (Å²) in [4.78, 5) is 14.2. The standard InChI is InChI=1S/C24H23ClO3S/c1-15-11-20(12-16(2)24(15)25)28-14-19-13-18(7-9-22(19)27-4)6-8-21(26)23-10-5-17(3)29-23/h5-13H,14H2,1-4H3/b8-6+. The van der Waals surface area contributed by atoms with Gasteiger partial charge in [0.05, 0.1) is 12.0 Å². The zero-order valence-electron chi connectivity index (χ0n) is 16.9. The molecule has 2 aromatic carbocycles. The highest BCUT2D eigenvalue weighted by molar-refractivity contribution is 7.14. The molecule has 0 amide bonds. The van der Waals surface area contributed by atoms with Crippen molar-refractivity contribution in [3.05, 3.63) is 85.6 Å². The first-order valence-corrected chi connectivity index (χ1v) is 10.4. The van der Waals surface area contributed by atoms with Crippen LogP contribution in [0.4, 0.5) is 0 Å². The van der Waals surface area contributed by atoms with Gasteiger partial charge in [0.2, 0.25) is 0 Å². The fourth-order valence-corrected chi connectivity index (χ4v) is 3.88. The molecule has 3 nitrogen and oxygen atoms in total. The van der Waals surface area contributed by atoms with Gasteiger partial charge in [-0.2, -0.15) is 0 Å². The molecule has 0 aliphatic rings. The van der Waals surface area contributed by atoms with Gasteiger partial charge in [0.1, 0.15) is 18.1 Å². The average molecular weight is 427 g/mol. The van der Waals surface area contributed by atoms with Crippen molar-refractivity contribution in [3.63, 3.8) is 0 Å². The van der Waals surface area contributed by atoms with Crippen molar-refractivity contribution in [2.24, 2.45) is 0 Å². The van der Waals surface area contributed by atoms with E-state index in [1.54, 1.807) is 13.2 Å². The summed E-state index contributed by atoms with van der Waals surface area (Å²) in [6.07, 6.45) is 3.42. The normalized spacial score (nSPS) is 11.1. The molecule has 0 unspecified atom stereocenters. The molecule has 3 rings (SSSR count). The molecule has 0 aliphatic heterocycles. The third-order valence-electron chi connectivity index (χ3n) is 4.52. The van der Waals surface area contributed by atoms with E-state index in [2.05, 4.69) is 0 Å². The summed E-state index contributed by atoms with van der Waals surface area (Å²) >= 11 is 7.73. The van der Waals surface area contributed by atoms with Gasteiger partial charge in [-0.1, -0.05) is 23.7 Å². The molecule has 3 aromatic rings. The number of ketones is 1. The number of carbonyl (C=O) groups is 1. The average Bonchev–Trinajstić information content (AvgIpc) is 3.15. The zero-order chi connectivity index (χ0) is 21.0. The summed E-state index contributed by atoms with van der Waals surface area (Å²) < 4.78 is 11.4. The van der Waals surface area contributed by atoms with Gasteiger partial charge in [-0.3, -0.25) is 4.79 Å². The van der Waals surface area contributed by atoms with Gasteiger partial charge >= 0.3 is 0 Å². The van der Waals surface area contributed by atoms with Crippen LogP contribution in [0.1, 0.15) is 36.8 Å². The van der Waals surface area contributed by atoms with Crippen LogP contribution in [0, 0.1) is 20.8 Å². The molecule has 0 N–H and O–H groups in total. The summed E-state index contributed by atoms with van der Waals surface area (Å²) in [5, 5.41) is 0.757. The molecular formula is C24H23ClO3S. The fourth-order valence-electron chi connectivity index (χ4n) is 2.99. The number of carbonyl (C=O) groups excluding carboxylic acids is 1. The number of allylic oxidation sites excluding steroid dienone is 1. The molecule has 0 saturated heterocycles. The summed E-state index contributed by atoms with van der Waals surface area (Å²) in [6, 6.07) is 13.4. The molecular weight excluding hydrogens is 404 g/mol. The summed E-state index contributed by atoms with van der Waals surface area (Å²) in [7, 11) is 1.63. The van der Waals surface area contributed by atoms with E-state index in [4.69, 9.17) is 21.1 Å². The monoisotopic (exact) mass is 426 g/mol. The van der Waals surface area contributed by atoms with Gasteiger partial charge in [-0.05, 0) is 79.9 Å². The number of hydrogen-bond acceptors (Lipinski definition) is 4. The van der Waals surface area contributed by atoms with E-state index in [1.807, 2.05) is 69.3 Å². The Morgan fingerprint density at radius 3 is 2.41 bits per heavy atom. The highest BCUT2D eigenvalue weighted by atomic mass is 35.5. The maximum atomic E-state index is 12.3. The fraction of sp³-hybridized carbons (Fsp3) is 0.208. The Hall–Kier alpha value is -2.56. The predicted octanol–water partition coefficient (Wildman–Crippen LogP) is 6.81. The molecule has 0 spiro atoms. The smallest absolute Gasteiger partial charge is 0.195 e. The van der Waals surface area contributed by atoms with Crippen molar-refractivity contribution in [1.29, 1.82) is 0 Å². The van der Waals surface area contributed by atoms with Gasteiger partial charge in [0, 0.05) is 15.5 Å². The summed E-state index contributed by atoms with van der Waals surface area (Å²) in [6.45, 7) is 6.26. The second-order valence-corrected chi connectivity index (χ2v) is 8.50. The topological polar surface area (TPSA) is 35.5 Å². The van der Waals surface area contributed by atoms with Gasteiger partial charge in [-0.25, -0.2) is 0 Å². The SMILES string of the molecule is COc1ccc(/C=C/C(=O)c2ccc(C)s2)cc1COc1cc(C)c(Cl)c(C)c1. The first-order valence-electron chi connectivity index (χ1n) is 9.22. The minimum Gasteiger partial charge on any atom is -0.496 e. The number of hydrogen-bond donors (Lipinski definition) is 0. The second-order valence-electron chi connectivity index (χ2n) is 6.84. The largest absolute Gasteiger partial charge is 0.496 e. The molecule has 29 heavy (non-hydrogen) atoms. The Kier molecular flexibility index (Phi) is 6.78. The number of methoxy groups -OCH3 is 1. The molecule has 5 heteroatoms. The quantitative estimate of drug-likeness (QED) is 0.307. The van der Waals surface area contributed by atoms with Gasteiger partial charge in [0.15, 0.2) is 5.78 Å². The van der Waals surface area contributed by atoms with E-state index in [-0.39, 0.29) is 5.78 Å². The Morgan fingerprint density at radius 2 is 1.79 bits per heavy atom. The molecule has 0 bridgehead atoms. The van der Waals surface area contributed by atoms with Crippen molar-refractivity contribution in [2.75, 3.05) is 7.11 Å². The second kappa shape index (κ2) is 9.29. The molecule has 0 aliphatic carbocycles. The molecule has 0 radical (unpaired) electrons. The van der Waals surface area contributed by atoms with Crippen molar-refractivity contribution in [1.82, 2.24) is 0 Å². The highest BCUT2D eigenvalue weighted by Gasteiger charge is 2.08. The molecule has 150 valence electrons. The maximum Gasteiger partial charge on any atom is 0.195 e. The number of ether oxygens (including phenoxy) is 2. The molecule has 0 atom stereocenters. The van der Waals surface area contributed by atoms with Gasteiger partial charge in [0.25, 0.3) is 0 Å². The van der Waals surface area contributed by atoms with E-state index in [1.165, 1.54) is 11.3 Å². The maximum absolute atomic E-state index is 12.3. The number of benzene rings is 2. The van der Waals surface area contributed by atoms with E-state index in [0.717, 1.165) is 48.5 Å². The van der Waals surface area contributed by atoms with Gasteiger partial charge < -0.3 is 9.47 Å². The lowest BCUT2D eigenvalue weighted by Crippen LogP contribution is -2.00. The number of thiophene rings is 1. The molecule has 0 fully saturated rings. The lowest BCUT2D eigenvalue weighted by atomic mass is 10.1. The van der Waals surface area contributed by atoms with E-state index in [0.29, 0.717) is 6.61 Å². The number of rotatable bonds is 7. The summed E-state index contributed by atoms with van der Waals surface area (Å²) in [5.74, 6) is 1.50. The predicted molar refractivity (Wildman–Crippen MR) is 121 cm³/mol. The van der Waals surface area contributed by atoms with Gasteiger partial charge in [-0.15, -0.1) is 11.3 Å². The Bertz CT molecular complexity index is 1040. The first-order chi connectivity index (χ1) is 13.9. The molecule has 1 aromatic heterocycles. The van der Waals surface area contributed by atoms with Crippen molar-refractivity contribution < 1.29 is 14.3 Å². The lowest BCUT2D eigenvalue weighted by molar-refractivity contribution is 0.105. The minimum atomic E-state index is 0.00355. The van der Waals surface area contributed by atoms with Crippen LogP contribution >= 0.6 is 22.9 Å².